The normalized spacial score (nSPS) is 20.9. The summed E-state index contributed by atoms with van der Waals surface area (Å²) in [5, 5.41) is 0. The smallest absolute Gasteiger partial charge is 0.181 e. The number of para-hydroxylation sites is 1. The van der Waals surface area contributed by atoms with E-state index in [2.05, 4.69) is 14.7 Å². The molecule has 0 unspecified atom stereocenters. The van der Waals surface area contributed by atoms with Crippen molar-refractivity contribution in [3.63, 3.8) is 0 Å². The van der Waals surface area contributed by atoms with Gasteiger partial charge in [0.2, 0.25) is 0 Å². The van der Waals surface area contributed by atoms with Gasteiger partial charge in [-0.3, -0.25) is 4.79 Å². The molecule has 8 nitrogen and oxygen atoms in total. The fourth-order valence-electron chi connectivity index (χ4n) is 4.18. The van der Waals surface area contributed by atoms with Gasteiger partial charge >= 0.3 is 0 Å². The summed E-state index contributed by atoms with van der Waals surface area (Å²) >= 11 is 0. The van der Waals surface area contributed by atoms with E-state index in [4.69, 9.17) is 10.5 Å². The van der Waals surface area contributed by atoms with Crippen molar-refractivity contribution in [3.8, 4) is 5.75 Å². The fourth-order valence-corrected chi connectivity index (χ4v) is 5.09. The van der Waals surface area contributed by atoms with Crippen LogP contribution in [0.3, 0.4) is 0 Å². The molecule has 4 rings (SSSR count). The number of nitrogens with two attached hydrogens (primary N) is 1. The molecule has 3 heterocycles. The number of nitrogens with one attached hydrogen (secondary N) is 1. The Labute approximate surface area is 185 Å². The number of fused-ring (bicyclic) bond motifs is 1. The van der Waals surface area contributed by atoms with Crippen LogP contribution in [0.2, 0.25) is 0 Å². The lowest BCUT2D eigenvalue weighted by atomic mass is 9.83. The Morgan fingerprint density at radius 1 is 1.29 bits per heavy atom. The number of carbonyl (C=O) groups is 1. The summed E-state index contributed by atoms with van der Waals surface area (Å²) in [4.78, 5) is 22.7. The lowest BCUT2D eigenvalue weighted by molar-refractivity contribution is 0.0383. The largest absolute Gasteiger partial charge is 0.485 e. The first-order valence-electron chi connectivity index (χ1n) is 10.5. The van der Waals surface area contributed by atoms with Crippen LogP contribution in [-0.2, 0) is 11.0 Å². The van der Waals surface area contributed by atoms with E-state index >= 15 is 0 Å². The number of hydrogen-bond donors (Lipinski definition) is 2. The van der Waals surface area contributed by atoms with Gasteiger partial charge in [0, 0.05) is 38.4 Å². The van der Waals surface area contributed by atoms with Crippen molar-refractivity contribution in [3.05, 3.63) is 41.7 Å². The molecule has 0 amide bonds. The molecule has 2 aromatic rings. The average Bonchev–Trinajstić information content (AvgIpc) is 3.00. The van der Waals surface area contributed by atoms with Gasteiger partial charge in [0.25, 0.3) is 0 Å². The Morgan fingerprint density at radius 2 is 1.97 bits per heavy atom. The van der Waals surface area contributed by atoms with Gasteiger partial charge in [-0.2, -0.15) is 0 Å². The highest BCUT2D eigenvalue weighted by molar-refractivity contribution is 7.84. The number of piperidine rings is 1. The zero-order valence-corrected chi connectivity index (χ0v) is 19.2. The van der Waals surface area contributed by atoms with E-state index in [-0.39, 0.29) is 17.6 Å². The topological polar surface area (TPSA) is 110 Å². The van der Waals surface area contributed by atoms with Gasteiger partial charge < -0.3 is 15.4 Å². The van der Waals surface area contributed by atoms with Crippen LogP contribution in [0.4, 0.5) is 11.6 Å². The van der Waals surface area contributed by atoms with Gasteiger partial charge in [-0.1, -0.05) is 18.2 Å². The van der Waals surface area contributed by atoms with Gasteiger partial charge in [-0.15, -0.1) is 0 Å². The number of rotatable bonds is 4. The van der Waals surface area contributed by atoms with Crippen LogP contribution in [0.1, 0.15) is 62.6 Å². The third kappa shape index (κ3) is 4.04. The summed E-state index contributed by atoms with van der Waals surface area (Å²) in [5.74, 6) is 1.48. The Kier molecular flexibility index (Phi) is 5.51. The van der Waals surface area contributed by atoms with Crippen molar-refractivity contribution in [2.75, 3.05) is 23.7 Å². The first-order chi connectivity index (χ1) is 14.6. The second-order valence-electron chi connectivity index (χ2n) is 9.15. The van der Waals surface area contributed by atoms with Gasteiger partial charge in [0.15, 0.2) is 11.6 Å². The van der Waals surface area contributed by atoms with Crippen LogP contribution in [-0.4, -0.2) is 43.4 Å². The molecule has 0 radical (unpaired) electrons. The number of ketones is 1. The lowest BCUT2D eigenvalue weighted by Crippen LogP contribution is -2.54. The number of hydrogen-bond acceptors (Lipinski definition) is 7. The molecule has 0 aliphatic carbocycles. The highest BCUT2D eigenvalue weighted by atomic mass is 32.2. The summed E-state index contributed by atoms with van der Waals surface area (Å²) in [6, 6.07) is 7.73. The van der Waals surface area contributed by atoms with E-state index in [1.165, 1.54) is 13.1 Å². The van der Waals surface area contributed by atoms with Crippen molar-refractivity contribution in [2.24, 2.45) is 0 Å². The molecule has 31 heavy (non-hydrogen) atoms. The molecule has 2 atom stereocenters. The summed E-state index contributed by atoms with van der Waals surface area (Å²) < 4.78 is 22.4. The van der Waals surface area contributed by atoms with E-state index in [9.17, 15) is 9.00 Å². The van der Waals surface area contributed by atoms with Crippen LogP contribution in [0.25, 0.3) is 0 Å². The Hall–Kier alpha value is -2.52. The van der Waals surface area contributed by atoms with Crippen LogP contribution >= 0.6 is 0 Å². The lowest BCUT2D eigenvalue weighted by Gasteiger charge is -2.43. The average molecular weight is 444 g/mol. The van der Waals surface area contributed by atoms with Crippen molar-refractivity contribution in [1.82, 2.24) is 14.7 Å². The minimum absolute atomic E-state index is 0.146. The second-order valence-corrected chi connectivity index (χ2v) is 11.1. The molecule has 1 aromatic carbocycles. The third-order valence-electron chi connectivity index (χ3n) is 5.87. The summed E-state index contributed by atoms with van der Waals surface area (Å²) in [7, 11) is -1.25. The van der Waals surface area contributed by atoms with Crippen molar-refractivity contribution in [1.29, 1.82) is 0 Å². The first-order valence-corrected chi connectivity index (χ1v) is 11.6. The first kappa shape index (κ1) is 21.7. The Morgan fingerprint density at radius 3 is 2.61 bits per heavy atom. The van der Waals surface area contributed by atoms with E-state index < -0.39 is 21.3 Å². The van der Waals surface area contributed by atoms with Crippen LogP contribution < -0.4 is 20.1 Å². The maximum Gasteiger partial charge on any atom is 0.181 e. The third-order valence-corrected chi connectivity index (χ3v) is 7.43. The molecule has 1 aromatic heterocycles. The number of anilines is 2. The summed E-state index contributed by atoms with van der Waals surface area (Å²) in [6.45, 7) is 8.58. The molecular weight excluding hydrogens is 414 g/mol. The maximum atomic E-state index is 13.0. The molecule has 2 aliphatic heterocycles. The van der Waals surface area contributed by atoms with Crippen molar-refractivity contribution in [2.45, 2.75) is 56.9 Å². The number of benzene rings is 1. The fraction of sp³-hybridized carbons (Fsp3) is 0.500. The van der Waals surface area contributed by atoms with Crippen LogP contribution in [0.5, 0.6) is 5.75 Å². The molecule has 1 saturated heterocycles. The maximum absolute atomic E-state index is 13.0. The number of nitrogens with zero attached hydrogens (tertiary/aromatic N) is 3. The van der Waals surface area contributed by atoms with E-state index in [0.29, 0.717) is 37.4 Å². The van der Waals surface area contributed by atoms with E-state index in [0.717, 1.165) is 11.3 Å². The monoisotopic (exact) mass is 443 g/mol. The highest BCUT2D eigenvalue weighted by Gasteiger charge is 2.51. The number of carbonyl (C=O) groups excluding carboxylic acids is 1. The van der Waals surface area contributed by atoms with Crippen molar-refractivity contribution < 1.29 is 13.7 Å². The van der Waals surface area contributed by atoms with Gasteiger partial charge in [-0.05, 0) is 26.8 Å². The molecule has 166 valence electrons. The molecular formula is C22H29N5O3S. The number of ether oxygens (including phenoxy) is 1. The summed E-state index contributed by atoms with van der Waals surface area (Å²) in [6.07, 6.45) is 2.76. The summed E-state index contributed by atoms with van der Waals surface area (Å²) in [5.41, 5.74) is 6.68. The van der Waals surface area contributed by atoms with Gasteiger partial charge in [0.05, 0.1) is 28.0 Å². The Bertz CT molecular complexity index is 1030. The predicted molar refractivity (Wildman–Crippen MR) is 121 cm³/mol. The molecule has 1 spiro atoms. The quantitative estimate of drug-likeness (QED) is 0.699. The number of Topliss-reactive ketones (excluding diaryl/α,β-unsaturated/α-hetero) is 1. The second kappa shape index (κ2) is 7.87. The molecule has 1 fully saturated rings. The number of aromatic nitrogens is 2. The minimum atomic E-state index is -1.25. The highest BCUT2D eigenvalue weighted by Crippen LogP contribution is 2.49. The molecule has 0 saturated carbocycles. The predicted octanol–water partition coefficient (Wildman–Crippen LogP) is 2.79. The Balaban J connectivity index is 1.61. The molecule has 3 N–H and O–H groups in total. The molecule has 2 aliphatic rings. The van der Waals surface area contributed by atoms with E-state index in [1.807, 2.05) is 49.9 Å². The van der Waals surface area contributed by atoms with Crippen molar-refractivity contribution >= 4 is 28.4 Å². The zero-order chi connectivity index (χ0) is 22.4. The SMILES string of the molecule is CC(=O)c1ncc(N)nc1N1CCC2(CC1)Oc1ccccc1[C@H]2N[S@](=O)C(C)(C)C. The van der Waals surface area contributed by atoms with Gasteiger partial charge in [-0.25, -0.2) is 18.9 Å². The van der Waals surface area contributed by atoms with Crippen LogP contribution in [0.15, 0.2) is 30.5 Å². The number of nitrogen functional groups attached to an aromatic ring is 1. The van der Waals surface area contributed by atoms with E-state index in [1.54, 1.807) is 0 Å². The zero-order valence-electron chi connectivity index (χ0n) is 18.3. The minimum Gasteiger partial charge on any atom is -0.485 e. The van der Waals surface area contributed by atoms with Gasteiger partial charge in [0.1, 0.15) is 22.9 Å². The molecule has 0 bridgehead atoms. The van der Waals surface area contributed by atoms with Crippen LogP contribution in [0, 0.1) is 0 Å². The standard InChI is InChI=1S/C22H29N5O3S/c1-14(28)18-20(25-17(23)13-24-18)27-11-9-22(10-12-27)19(26-31(29)21(2,3)4)15-7-5-6-8-16(15)30-22/h5-8,13,19,26H,9-12H2,1-4H3,(H2,23,25)/t19-,31-/m1/s1. The molecule has 9 heteroatoms.